The van der Waals surface area contributed by atoms with Gasteiger partial charge in [-0.3, -0.25) is 9.69 Å². The minimum absolute atomic E-state index is 0.0179. The van der Waals surface area contributed by atoms with Crippen LogP contribution < -0.4 is 9.47 Å². The molecule has 36 heavy (non-hydrogen) atoms. The van der Waals surface area contributed by atoms with E-state index in [1.807, 2.05) is 13.8 Å². The van der Waals surface area contributed by atoms with E-state index in [1.165, 1.54) is 30.0 Å². The summed E-state index contributed by atoms with van der Waals surface area (Å²) in [6.07, 6.45) is 1.71. The first-order valence-electron chi connectivity index (χ1n) is 11.3. The maximum Gasteiger partial charge on any atom is 0.266 e. The van der Waals surface area contributed by atoms with Crippen molar-refractivity contribution < 1.29 is 23.0 Å². The van der Waals surface area contributed by atoms with Crippen molar-refractivity contribution in [2.45, 2.75) is 20.5 Å². The normalized spacial score (nSPS) is 15.7. The summed E-state index contributed by atoms with van der Waals surface area (Å²) in [5.41, 5.74) is 1.57. The fourth-order valence-corrected chi connectivity index (χ4v) is 4.82. The molecule has 3 aromatic carbocycles. The van der Waals surface area contributed by atoms with Gasteiger partial charge in [0.15, 0.2) is 16.7 Å². The van der Waals surface area contributed by atoms with Gasteiger partial charge < -0.3 is 9.47 Å². The minimum atomic E-state index is -0.372. The van der Waals surface area contributed by atoms with E-state index in [4.69, 9.17) is 21.1 Å². The van der Waals surface area contributed by atoms with Crippen molar-refractivity contribution in [2.24, 2.45) is 4.99 Å². The molecular formula is C27H23ClF2N2O3S. The van der Waals surface area contributed by atoms with Crippen molar-refractivity contribution >= 4 is 46.2 Å². The van der Waals surface area contributed by atoms with Crippen LogP contribution in [0, 0.1) is 11.6 Å². The molecule has 0 atom stereocenters. The average molecular weight is 529 g/mol. The van der Waals surface area contributed by atoms with Crippen LogP contribution in [0.4, 0.5) is 14.5 Å². The molecule has 0 bridgehead atoms. The number of carbonyl (C=O) groups is 1. The lowest BCUT2D eigenvalue weighted by molar-refractivity contribution is -0.122. The van der Waals surface area contributed by atoms with Gasteiger partial charge in [-0.2, -0.15) is 0 Å². The Morgan fingerprint density at radius 3 is 2.50 bits per heavy atom. The number of amidine groups is 1. The monoisotopic (exact) mass is 528 g/mol. The van der Waals surface area contributed by atoms with Crippen LogP contribution in [-0.4, -0.2) is 29.1 Å². The molecule has 0 radical (unpaired) electrons. The molecule has 1 aliphatic rings. The van der Waals surface area contributed by atoms with Crippen molar-refractivity contribution in [1.82, 2.24) is 4.90 Å². The Labute approximate surface area is 217 Å². The van der Waals surface area contributed by atoms with Gasteiger partial charge in [-0.1, -0.05) is 29.8 Å². The Kier molecular flexibility index (Phi) is 8.28. The first kappa shape index (κ1) is 25.7. The van der Waals surface area contributed by atoms with Gasteiger partial charge in [-0.05, 0) is 79.7 Å². The first-order valence-corrected chi connectivity index (χ1v) is 12.5. The number of halogens is 3. The highest BCUT2D eigenvalue weighted by Gasteiger charge is 2.32. The van der Waals surface area contributed by atoms with Gasteiger partial charge in [0, 0.05) is 12.1 Å². The number of amides is 1. The van der Waals surface area contributed by atoms with Gasteiger partial charge in [0.1, 0.15) is 18.2 Å². The topological polar surface area (TPSA) is 51.1 Å². The number of rotatable bonds is 8. The predicted molar refractivity (Wildman–Crippen MR) is 140 cm³/mol. The molecular weight excluding hydrogens is 506 g/mol. The van der Waals surface area contributed by atoms with Crippen LogP contribution in [0.1, 0.15) is 25.0 Å². The number of aliphatic imine (C=N–C) groups is 1. The van der Waals surface area contributed by atoms with E-state index in [0.29, 0.717) is 51.5 Å². The lowest BCUT2D eigenvalue weighted by Gasteiger charge is -2.15. The maximum atomic E-state index is 14.0. The third-order valence-electron chi connectivity index (χ3n) is 5.21. The van der Waals surface area contributed by atoms with Gasteiger partial charge in [-0.25, -0.2) is 13.8 Å². The molecule has 0 unspecified atom stereocenters. The van der Waals surface area contributed by atoms with Crippen LogP contribution >= 0.6 is 23.4 Å². The minimum Gasteiger partial charge on any atom is -0.490 e. The molecule has 5 nitrogen and oxygen atoms in total. The second-order valence-corrected chi connectivity index (χ2v) is 9.09. The largest absolute Gasteiger partial charge is 0.490 e. The third kappa shape index (κ3) is 5.88. The Balaban J connectivity index is 1.61. The SMILES string of the molecule is CCOc1cc(/C=C2/SC(=Nc3ccc(F)cc3)N(CC)C2=O)cc(Cl)c1OCc1ccccc1F. The molecule has 1 aliphatic heterocycles. The van der Waals surface area contributed by atoms with E-state index in [-0.39, 0.29) is 29.2 Å². The third-order valence-corrected chi connectivity index (χ3v) is 6.50. The average Bonchev–Trinajstić information content (AvgIpc) is 3.14. The standard InChI is InChI=1S/C27H23ClF2N2O3S/c1-3-32-26(33)24(36-27(32)31-20-11-9-19(29)10-12-20)15-17-13-21(28)25(23(14-17)34-4-2)35-16-18-7-5-6-8-22(18)30/h5-15H,3-4,16H2,1-2H3/b24-15+,31-27?. The predicted octanol–water partition coefficient (Wildman–Crippen LogP) is 7.22. The second kappa shape index (κ2) is 11.6. The lowest BCUT2D eigenvalue weighted by atomic mass is 10.1. The molecule has 3 aromatic rings. The Morgan fingerprint density at radius 2 is 1.81 bits per heavy atom. The molecule has 0 saturated carbocycles. The number of hydrogen-bond acceptors (Lipinski definition) is 5. The van der Waals surface area contributed by atoms with Crippen LogP contribution in [0.15, 0.2) is 70.6 Å². The molecule has 0 N–H and O–H groups in total. The molecule has 4 rings (SSSR count). The lowest BCUT2D eigenvalue weighted by Crippen LogP contribution is -2.28. The van der Waals surface area contributed by atoms with Gasteiger partial charge in [0.25, 0.3) is 5.91 Å². The van der Waals surface area contributed by atoms with E-state index in [2.05, 4.69) is 4.99 Å². The quantitative estimate of drug-likeness (QED) is 0.290. The summed E-state index contributed by atoms with van der Waals surface area (Å²) in [4.78, 5) is 19.5. The van der Waals surface area contributed by atoms with E-state index in [1.54, 1.807) is 53.4 Å². The molecule has 0 aliphatic carbocycles. The molecule has 9 heteroatoms. The van der Waals surface area contributed by atoms with Crippen LogP contribution in [0.2, 0.25) is 5.02 Å². The Bertz CT molecular complexity index is 1330. The summed E-state index contributed by atoms with van der Waals surface area (Å²) in [5.74, 6) is -0.245. The van der Waals surface area contributed by atoms with Crippen molar-refractivity contribution in [3.05, 3.63) is 93.4 Å². The summed E-state index contributed by atoms with van der Waals surface area (Å²) in [5, 5.41) is 0.772. The zero-order valence-corrected chi connectivity index (χ0v) is 21.2. The van der Waals surface area contributed by atoms with Crippen LogP contribution in [-0.2, 0) is 11.4 Å². The summed E-state index contributed by atoms with van der Waals surface area (Å²) in [6, 6.07) is 15.5. The number of ether oxygens (including phenoxy) is 2. The molecule has 0 spiro atoms. The van der Waals surface area contributed by atoms with Crippen LogP contribution in [0.5, 0.6) is 11.5 Å². The van der Waals surface area contributed by atoms with Gasteiger partial charge in [-0.15, -0.1) is 0 Å². The number of benzene rings is 3. The zero-order valence-electron chi connectivity index (χ0n) is 19.6. The van der Waals surface area contributed by atoms with E-state index in [0.717, 1.165) is 0 Å². The number of nitrogens with zero attached hydrogens (tertiary/aromatic N) is 2. The molecule has 1 saturated heterocycles. The fourth-order valence-electron chi connectivity index (χ4n) is 3.49. The van der Waals surface area contributed by atoms with Crippen LogP contribution in [0.3, 0.4) is 0 Å². The van der Waals surface area contributed by atoms with E-state index >= 15 is 0 Å². The van der Waals surface area contributed by atoms with E-state index in [9.17, 15) is 13.6 Å². The Morgan fingerprint density at radius 1 is 1.06 bits per heavy atom. The van der Waals surface area contributed by atoms with Crippen molar-refractivity contribution in [3.8, 4) is 11.5 Å². The van der Waals surface area contributed by atoms with E-state index < -0.39 is 0 Å². The number of hydrogen-bond donors (Lipinski definition) is 0. The maximum absolute atomic E-state index is 14.0. The number of thioether (sulfide) groups is 1. The summed E-state index contributed by atoms with van der Waals surface area (Å²) in [6.45, 7) is 4.45. The highest BCUT2D eigenvalue weighted by atomic mass is 35.5. The summed E-state index contributed by atoms with van der Waals surface area (Å²) in [7, 11) is 0. The van der Waals surface area contributed by atoms with Crippen LogP contribution in [0.25, 0.3) is 6.08 Å². The molecule has 0 aromatic heterocycles. The Hall–Kier alpha value is -3.36. The molecule has 1 heterocycles. The van der Waals surface area contributed by atoms with Crippen molar-refractivity contribution in [1.29, 1.82) is 0 Å². The van der Waals surface area contributed by atoms with Crippen molar-refractivity contribution in [2.75, 3.05) is 13.2 Å². The number of carbonyl (C=O) groups excluding carboxylic acids is 1. The van der Waals surface area contributed by atoms with Gasteiger partial charge in [0.2, 0.25) is 0 Å². The molecule has 1 amide bonds. The van der Waals surface area contributed by atoms with Crippen molar-refractivity contribution in [3.63, 3.8) is 0 Å². The first-order chi connectivity index (χ1) is 17.4. The van der Waals surface area contributed by atoms with Gasteiger partial charge in [0.05, 0.1) is 22.2 Å². The molecule has 186 valence electrons. The molecule has 1 fully saturated rings. The highest BCUT2D eigenvalue weighted by Crippen LogP contribution is 2.40. The summed E-state index contributed by atoms with van der Waals surface area (Å²) >= 11 is 7.74. The van der Waals surface area contributed by atoms with Gasteiger partial charge >= 0.3 is 0 Å². The zero-order chi connectivity index (χ0) is 25.7. The smallest absolute Gasteiger partial charge is 0.266 e. The summed E-state index contributed by atoms with van der Waals surface area (Å²) < 4.78 is 38.8. The number of likely N-dealkylation sites (N-methyl/N-ethyl adjacent to an activating group) is 1. The fraction of sp³-hybridized carbons (Fsp3) is 0.185. The highest BCUT2D eigenvalue weighted by molar-refractivity contribution is 8.18. The second-order valence-electron chi connectivity index (χ2n) is 7.67.